The summed E-state index contributed by atoms with van der Waals surface area (Å²) in [7, 11) is 0. The predicted molar refractivity (Wildman–Crippen MR) is 65.3 cm³/mol. The predicted octanol–water partition coefficient (Wildman–Crippen LogP) is 1.26. The first-order valence-electron chi connectivity index (χ1n) is 4.71. The van der Waals surface area contributed by atoms with Gasteiger partial charge in [-0.3, -0.25) is 9.78 Å². The van der Waals surface area contributed by atoms with Crippen molar-refractivity contribution in [3.8, 4) is 0 Å². The first kappa shape index (κ1) is 11.3. The molecule has 2 rings (SSSR count). The number of hydrogen-bond donors (Lipinski definition) is 2. The Morgan fingerprint density at radius 3 is 3.12 bits per heavy atom. The Morgan fingerprint density at radius 1 is 1.47 bits per heavy atom. The molecule has 0 atom stereocenters. The monoisotopic (exact) mass is 249 g/mol. The van der Waals surface area contributed by atoms with Crippen LogP contribution in [0.5, 0.6) is 0 Å². The molecule has 1 heterocycles. The molecule has 0 bridgehead atoms. The van der Waals surface area contributed by atoms with E-state index in [1.54, 1.807) is 18.3 Å². The number of H-pyrrole nitrogens is 1. The van der Waals surface area contributed by atoms with E-state index in [-0.39, 0.29) is 11.5 Å². The van der Waals surface area contributed by atoms with Crippen LogP contribution in [0.25, 0.3) is 0 Å². The van der Waals surface area contributed by atoms with Crippen LogP contribution in [0.3, 0.4) is 0 Å². The molecule has 6 nitrogen and oxygen atoms in total. The quantitative estimate of drug-likeness (QED) is 0.634. The van der Waals surface area contributed by atoms with E-state index in [2.05, 4.69) is 25.7 Å². The summed E-state index contributed by atoms with van der Waals surface area (Å²) in [5.74, 6) is 0.177. The van der Waals surface area contributed by atoms with Gasteiger partial charge in [-0.05, 0) is 17.7 Å². The van der Waals surface area contributed by atoms with Gasteiger partial charge in [0.1, 0.15) is 6.20 Å². The minimum Gasteiger partial charge on any atom is -0.289 e. The van der Waals surface area contributed by atoms with Crippen molar-refractivity contribution in [1.29, 1.82) is 0 Å². The molecule has 17 heavy (non-hydrogen) atoms. The van der Waals surface area contributed by atoms with Crippen molar-refractivity contribution in [1.82, 2.24) is 15.2 Å². The van der Waals surface area contributed by atoms with Gasteiger partial charge in [-0.2, -0.15) is 5.10 Å². The fraction of sp³-hybridized carbons (Fsp3) is 0. The van der Waals surface area contributed by atoms with Crippen molar-refractivity contribution in [3.05, 3.63) is 51.4 Å². The molecule has 7 heteroatoms. The summed E-state index contributed by atoms with van der Waals surface area (Å²) in [4.78, 5) is 13.3. The fourth-order valence-corrected chi connectivity index (χ4v) is 1.32. The van der Waals surface area contributed by atoms with Gasteiger partial charge in [0.15, 0.2) is 0 Å². The maximum absolute atomic E-state index is 10.9. The van der Waals surface area contributed by atoms with E-state index in [0.717, 1.165) is 11.8 Å². The lowest BCUT2D eigenvalue weighted by Gasteiger charge is -1.96. The van der Waals surface area contributed by atoms with Crippen molar-refractivity contribution in [2.45, 2.75) is 0 Å². The zero-order valence-corrected chi connectivity index (χ0v) is 9.35. The van der Waals surface area contributed by atoms with Crippen LogP contribution < -0.4 is 11.0 Å². The van der Waals surface area contributed by atoms with Gasteiger partial charge in [0.2, 0.25) is 5.95 Å². The minimum absolute atomic E-state index is 0.177. The molecule has 0 aliphatic heterocycles. The Bertz CT molecular complexity index is 595. The van der Waals surface area contributed by atoms with Crippen molar-refractivity contribution in [3.63, 3.8) is 0 Å². The number of aromatic nitrogens is 3. The van der Waals surface area contributed by atoms with Crippen LogP contribution >= 0.6 is 11.6 Å². The molecule has 0 spiro atoms. The molecule has 0 amide bonds. The molecule has 2 N–H and O–H groups in total. The molecular weight excluding hydrogens is 242 g/mol. The summed E-state index contributed by atoms with van der Waals surface area (Å²) in [6.07, 6.45) is 2.63. The average Bonchev–Trinajstić information content (AvgIpc) is 2.29. The largest absolute Gasteiger partial charge is 0.289 e. The summed E-state index contributed by atoms with van der Waals surface area (Å²) >= 11 is 5.81. The summed E-state index contributed by atoms with van der Waals surface area (Å²) in [6, 6.07) is 7.18. The number of hydrogen-bond acceptors (Lipinski definition) is 5. The van der Waals surface area contributed by atoms with Gasteiger partial charge in [0, 0.05) is 5.02 Å². The van der Waals surface area contributed by atoms with Crippen LogP contribution in [-0.2, 0) is 0 Å². The Kier molecular flexibility index (Phi) is 3.46. The molecule has 86 valence electrons. The summed E-state index contributed by atoms with van der Waals surface area (Å²) in [5, 5.41) is 11.6. The molecule has 0 saturated carbocycles. The van der Waals surface area contributed by atoms with Crippen LogP contribution in [-0.4, -0.2) is 21.4 Å². The van der Waals surface area contributed by atoms with E-state index in [9.17, 15) is 4.79 Å². The maximum Gasteiger partial charge on any atom is 0.271 e. The van der Waals surface area contributed by atoms with E-state index >= 15 is 0 Å². The summed E-state index contributed by atoms with van der Waals surface area (Å²) in [5.41, 5.74) is 3.03. The second kappa shape index (κ2) is 5.22. The molecule has 0 radical (unpaired) electrons. The number of nitrogens with zero attached hydrogens (tertiary/aromatic N) is 3. The minimum atomic E-state index is -0.347. The van der Waals surface area contributed by atoms with Crippen LogP contribution in [0.2, 0.25) is 5.02 Å². The number of benzene rings is 1. The smallest absolute Gasteiger partial charge is 0.271 e. The van der Waals surface area contributed by atoms with Crippen molar-refractivity contribution in [2.24, 2.45) is 5.10 Å². The Balaban J connectivity index is 2.05. The first-order chi connectivity index (χ1) is 8.24. The Labute approximate surface area is 101 Å². The Hall–Kier alpha value is -2.21. The molecule has 1 aromatic heterocycles. The van der Waals surface area contributed by atoms with Crippen molar-refractivity contribution < 1.29 is 0 Å². The van der Waals surface area contributed by atoms with Gasteiger partial charge in [0.05, 0.1) is 6.21 Å². The highest BCUT2D eigenvalue weighted by molar-refractivity contribution is 6.30. The third-order valence-corrected chi connectivity index (χ3v) is 2.04. The van der Waals surface area contributed by atoms with Crippen LogP contribution in [0.4, 0.5) is 5.95 Å². The number of hydrazone groups is 1. The first-order valence-corrected chi connectivity index (χ1v) is 5.08. The lowest BCUT2D eigenvalue weighted by atomic mass is 10.2. The van der Waals surface area contributed by atoms with E-state index in [4.69, 9.17) is 11.6 Å². The number of nitrogens with one attached hydrogen (secondary N) is 2. The number of rotatable bonds is 3. The third-order valence-electron chi connectivity index (χ3n) is 1.81. The molecule has 0 aliphatic rings. The Morgan fingerprint density at radius 2 is 2.35 bits per heavy atom. The van der Waals surface area contributed by atoms with Gasteiger partial charge in [-0.25, -0.2) is 5.43 Å². The normalized spacial score (nSPS) is 10.6. The van der Waals surface area contributed by atoms with Crippen LogP contribution in [0, 0.1) is 0 Å². The van der Waals surface area contributed by atoms with Gasteiger partial charge in [-0.15, -0.1) is 10.2 Å². The highest BCUT2D eigenvalue weighted by Gasteiger charge is 1.92. The van der Waals surface area contributed by atoms with E-state index < -0.39 is 0 Å². The SMILES string of the molecule is O=c1cnnc(N/N=C/c2cccc(Cl)c2)[nH]1. The fourth-order valence-electron chi connectivity index (χ4n) is 1.12. The van der Waals surface area contributed by atoms with Crippen LogP contribution in [0.15, 0.2) is 40.4 Å². The number of aromatic amines is 1. The second-order valence-corrected chi connectivity index (χ2v) is 3.54. The van der Waals surface area contributed by atoms with Gasteiger partial charge in [-0.1, -0.05) is 23.7 Å². The van der Waals surface area contributed by atoms with Crippen molar-refractivity contribution in [2.75, 3.05) is 5.43 Å². The number of halogens is 1. The lowest BCUT2D eigenvalue weighted by Crippen LogP contribution is -2.10. The summed E-state index contributed by atoms with van der Waals surface area (Å²) < 4.78 is 0. The van der Waals surface area contributed by atoms with Crippen LogP contribution in [0.1, 0.15) is 5.56 Å². The van der Waals surface area contributed by atoms with Gasteiger partial charge < -0.3 is 0 Å². The maximum atomic E-state index is 10.9. The summed E-state index contributed by atoms with van der Waals surface area (Å²) in [6.45, 7) is 0. The molecule has 0 fully saturated rings. The zero-order valence-electron chi connectivity index (χ0n) is 8.59. The molecule has 1 aromatic carbocycles. The van der Waals surface area contributed by atoms with E-state index in [1.807, 2.05) is 12.1 Å². The molecule has 0 aliphatic carbocycles. The molecule has 0 saturated heterocycles. The van der Waals surface area contributed by atoms with E-state index in [1.165, 1.54) is 0 Å². The highest BCUT2D eigenvalue weighted by atomic mass is 35.5. The lowest BCUT2D eigenvalue weighted by molar-refractivity contribution is 0.939. The molecule has 2 aromatic rings. The van der Waals surface area contributed by atoms with Gasteiger partial charge >= 0.3 is 0 Å². The number of anilines is 1. The topological polar surface area (TPSA) is 83.0 Å². The molecular formula is C10H8ClN5O. The average molecular weight is 250 g/mol. The third kappa shape index (κ3) is 3.39. The highest BCUT2D eigenvalue weighted by Crippen LogP contribution is 2.08. The van der Waals surface area contributed by atoms with E-state index in [0.29, 0.717) is 5.02 Å². The van der Waals surface area contributed by atoms with Crippen molar-refractivity contribution >= 4 is 23.8 Å². The zero-order chi connectivity index (χ0) is 12.1. The molecule has 0 unspecified atom stereocenters. The standard InChI is InChI=1S/C10H8ClN5O/c11-8-3-1-2-7(4-8)5-12-15-10-14-9(17)6-13-16-10/h1-6H,(H2,14,15,16,17)/b12-5+. The van der Waals surface area contributed by atoms with Gasteiger partial charge in [0.25, 0.3) is 5.56 Å². The second-order valence-electron chi connectivity index (χ2n) is 3.11.